The zero-order valence-corrected chi connectivity index (χ0v) is 8.99. The number of nitrogens with one attached hydrogen (secondary N) is 1. The van der Waals surface area contributed by atoms with Gasteiger partial charge in [-0.15, -0.1) is 24.8 Å². The van der Waals surface area contributed by atoms with Crippen LogP contribution in [0.15, 0.2) is 18.2 Å². The van der Waals surface area contributed by atoms with E-state index in [-0.39, 0.29) is 36.4 Å². The van der Waals surface area contributed by atoms with E-state index in [0.29, 0.717) is 12.1 Å². The number of hydrogen-bond donors (Lipinski definition) is 4. The minimum atomic E-state index is -0.143. The highest BCUT2D eigenvalue weighted by Gasteiger charge is 2.03. The predicted octanol–water partition coefficient (Wildman–Crippen LogP) is 0.979. The largest absolute Gasteiger partial charge is 0.507 e. The van der Waals surface area contributed by atoms with Crippen LogP contribution in [-0.2, 0) is 6.54 Å². The Labute approximate surface area is 94.6 Å². The van der Waals surface area contributed by atoms with Crippen molar-refractivity contribution in [3.8, 4) is 5.75 Å². The Hall–Kier alpha value is -0.970. The topological polar surface area (TPSA) is 96.1 Å². The van der Waals surface area contributed by atoms with Gasteiger partial charge in [-0.05, 0) is 17.7 Å². The summed E-state index contributed by atoms with van der Waals surface area (Å²) in [5.74, 6) is -0.137. The molecule has 0 atom stereocenters. The number of amidine groups is 1. The Bertz CT molecular complexity index is 317. The van der Waals surface area contributed by atoms with Gasteiger partial charge in [-0.1, -0.05) is 6.07 Å². The van der Waals surface area contributed by atoms with Gasteiger partial charge in [-0.3, -0.25) is 5.41 Å². The summed E-state index contributed by atoms with van der Waals surface area (Å²) in [5.41, 5.74) is 11.7. The molecule has 0 spiro atoms. The molecule has 0 saturated carbocycles. The van der Waals surface area contributed by atoms with Crippen molar-refractivity contribution in [2.24, 2.45) is 11.5 Å². The van der Waals surface area contributed by atoms with E-state index in [9.17, 15) is 5.11 Å². The molecular weight excluding hydrogens is 225 g/mol. The lowest BCUT2D eigenvalue weighted by atomic mass is 10.1. The number of halogens is 2. The third-order valence-electron chi connectivity index (χ3n) is 1.59. The highest BCUT2D eigenvalue weighted by molar-refractivity contribution is 5.97. The minimum absolute atomic E-state index is 0. The monoisotopic (exact) mass is 237 g/mol. The summed E-state index contributed by atoms with van der Waals surface area (Å²) in [6.45, 7) is 0.367. The first-order chi connectivity index (χ1) is 5.65. The van der Waals surface area contributed by atoms with Crippen LogP contribution in [0.4, 0.5) is 0 Å². The van der Waals surface area contributed by atoms with Crippen molar-refractivity contribution in [2.45, 2.75) is 6.54 Å². The fraction of sp³-hybridized carbons (Fsp3) is 0.125. The molecule has 1 rings (SSSR count). The van der Waals surface area contributed by atoms with Gasteiger partial charge in [0.25, 0.3) is 0 Å². The van der Waals surface area contributed by atoms with Crippen LogP contribution in [0, 0.1) is 5.41 Å². The molecule has 6 N–H and O–H groups in total. The molecule has 6 heteroatoms. The van der Waals surface area contributed by atoms with Crippen molar-refractivity contribution in [1.29, 1.82) is 5.41 Å². The molecule has 0 unspecified atom stereocenters. The van der Waals surface area contributed by atoms with Crippen LogP contribution < -0.4 is 11.5 Å². The zero-order chi connectivity index (χ0) is 9.14. The Morgan fingerprint density at radius 3 is 2.29 bits per heavy atom. The van der Waals surface area contributed by atoms with Gasteiger partial charge in [0.15, 0.2) is 0 Å². The molecule has 14 heavy (non-hydrogen) atoms. The second-order valence-electron chi connectivity index (χ2n) is 2.47. The molecule has 0 fully saturated rings. The summed E-state index contributed by atoms with van der Waals surface area (Å²) < 4.78 is 0. The van der Waals surface area contributed by atoms with E-state index in [0.717, 1.165) is 5.56 Å². The standard InChI is InChI=1S/C8H11N3O.2ClH/c9-4-5-1-2-6(8(10)11)7(12)3-5;;/h1-3,12H,4,9H2,(H3,10,11);2*1H. The smallest absolute Gasteiger partial charge is 0.126 e. The highest BCUT2D eigenvalue weighted by atomic mass is 35.5. The maximum absolute atomic E-state index is 9.32. The van der Waals surface area contributed by atoms with Gasteiger partial charge in [0.2, 0.25) is 0 Å². The van der Waals surface area contributed by atoms with E-state index in [1.807, 2.05) is 0 Å². The number of nitrogen functional groups attached to an aromatic ring is 1. The third kappa shape index (κ3) is 3.41. The van der Waals surface area contributed by atoms with Crippen molar-refractivity contribution < 1.29 is 5.11 Å². The van der Waals surface area contributed by atoms with E-state index >= 15 is 0 Å². The van der Waals surface area contributed by atoms with E-state index in [1.54, 1.807) is 12.1 Å². The van der Waals surface area contributed by atoms with Crippen LogP contribution in [0.1, 0.15) is 11.1 Å². The van der Waals surface area contributed by atoms with Gasteiger partial charge in [0.05, 0.1) is 5.56 Å². The fourth-order valence-corrected chi connectivity index (χ4v) is 0.932. The first-order valence-electron chi connectivity index (χ1n) is 3.51. The second kappa shape index (κ2) is 6.48. The van der Waals surface area contributed by atoms with Gasteiger partial charge in [-0.25, -0.2) is 0 Å². The number of nitrogens with two attached hydrogens (primary N) is 2. The van der Waals surface area contributed by atoms with Crippen molar-refractivity contribution in [3.63, 3.8) is 0 Å². The lowest BCUT2D eigenvalue weighted by Gasteiger charge is -2.03. The molecule has 1 aromatic rings. The maximum Gasteiger partial charge on any atom is 0.126 e. The van der Waals surface area contributed by atoms with Crippen molar-refractivity contribution in [2.75, 3.05) is 0 Å². The number of phenolic OH excluding ortho intramolecular Hbond substituents is 1. The van der Waals surface area contributed by atoms with Crippen molar-refractivity contribution in [3.05, 3.63) is 29.3 Å². The first-order valence-corrected chi connectivity index (χ1v) is 3.51. The Kier molecular flexibility index (Phi) is 7.17. The molecule has 0 aliphatic carbocycles. The molecule has 80 valence electrons. The van der Waals surface area contributed by atoms with Gasteiger partial charge in [0.1, 0.15) is 11.6 Å². The number of hydrogen-bond acceptors (Lipinski definition) is 3. The second-order valence-corrected chi connectivity index (χ2v) is 2.47. The SMILES string of the molecule is Cl.Cl.N=C(N)c1ccc(CN)cc1O. The molecule has 0 amide bonds. The number of aromatic hydroxyl groups is 1. The lowest BCUT2D eigenvalue weighted by molar-refractivity contribution is 0.473. The molecule has 0 aliphatic heterocycles. The average Bonchev–Trinajstić information content (AvgIpc) is 2.03. The Balaban J connectivity index is 0. The molecule has 0 heterocycles. The third-order valence-corrected chi connectivity index (χ3v) is 1.59. The summed E-state index contributed by atoms with van der Waals surface area (Å²) in [4.78, 5) is 0. The molecule has 4 nitrogen and oxygen atoms in total. The van der Waals surface area contributed by atoms with E-state index in [4.69, 9.17) is 16.9 Å². The fourth-order valence-electron chi connectivity index (χ4n) is 0.932. The number of phenols is 1. The minimum Gasteiger partial charge on any atom is -0.507 e. The van der Waals surface area contributed by atoms with Crippen LogP contribution in [-0.4, -0.2) is 10.9 Å². The van der Waals surface area contributed by atoms with Crippen LogP contribution in [0.25, 0.3) is 0 Å². The van der Waals surface area contributed by atoms with Crippen LogP contribution in [0.5, 0.6) is 5.75 Å². The molecule has 0 saturated heterocycles. The summed E-state index contributed by atoms with van der Waals surface area (Å²) in [6, 6.07) is 4.83. The maximum atomic E-state index is 9.32. The van der Waals surface area contributed by atoms with Crippen molar-refractivity contribution in [1.82, 2.24) is 0 Å². The molecular formula is C8H13Cl2N3O. The average molecular weight is 238 g/mol. The summed E-state index contributed by atoms with van der Waals surface area (Å²) >= 11 is 0. The van der Waals surface area contributed by atoms with Crippen LogP contribution >= 0.6 is 24.8 Å². The predicted molar refractivity (Wildman–Crippen MR) is 61.5 cm³/mol. The molecule has 0 bridgehead atoms. The van der Waals surface area contributed by atoms with E-state index in [1.165, 1.54) is 6.07 Å². The Morgan fingerprint density at radius 2 is 1.93 bits per heavy atom. The lowest BCUT2D eigenvalue weighted by Crippen LogP contribution is -2.11. The number of rotatable bonds is 2. The van der Waals surface area contributed by atoms with Crippen LogP contribution in [0.3, 0.4) is 0 Å². The summed E-state index contributed by atoms with van der Waals surface area (Å²) in [7, 11) is 0. The van der Waals surface area contributed by atoms with Gasteiger partial charge >= 0.3 is 0 Å². The quantitative estimate of drug-likeness (QED) is 0.456. The molecule has 1 aromatic carbocycles. The van der Waals surface area contributed by atoms with Gasteiger partial charge < -0.3 is 16.6 Å². The highest BCUT2D eigenvalue weighted by Crippen LogP contribution is 2.17. The summed E-state index contributed by atoms with van der Waals surface area (Å²) in [5, 5.41) is 16.4. The zero-order valence-electron chi connectivity index (χ0n) is 7.36. The van der Waals surface area contributed by atoms with E-state index < -0.39 is 0 Å². The van der Waals surface area contributed by atoms with Crippen molar-refractivity contribution >= 4 is 30.6 Å². The number of benzene rings is 1. The molecule has 0 aliphatic rings. The van der Waals surface area contributed by atoms with Crippen LogP contribution in [0.2, 0.25) is 0 Å². The Morgan fingerprint density at radius 1 is 1.36 bits per heavy atom. The normalized spacial score (nSPS) is 8.36. The summed E-state index contributed by atoms with van der Waals surface area (Å²) in [6.07, 6.45) is 0. The van der Waals surface area contributed by atoms with Gasteiger partial charge in [-0.2, -0.15) is 0 Å². The first kappa shape index (κ1) is 15.5. The molecule has 0 aromatic heterocycles. The molecule has 0 radical (unpaired) electrons. The van der Waals surface area contributed by atoms with E-state index in [2.05, 4.69) is 0 Å². The van der Waals surface area contributed by atoms with Gasteiger partial charge in [0, 0.05) is 6.54 Å².